The number of ether oxygens (including phenoxy) is 1. The molecule has 0 heterocycles. The molecule has 0 aliphatic heterocycles. The van der Waals surface area contributed by atoms with Crippen molar-refractivity contribution in [2.45, 2.75) is 45.7 Å². The highest BCUT2D eigenvalue weighted by molar-refractivity contribution is 5.88. The third-order valence-electron chi connectivity index (χ3n) is 5.94. The lowest BCUT2D eigenvalue weighted by molar-refractivity contribution is -0.140. The summed E-state index contributed by atoms with van der Waals surface area (Å²) in [5.41, 5.74) is 4.03. The zero-order chi connectivity index (χ0) is 24.3. The molecule has 0 aliphatic carbocycles. The Morgan fingerprint density at radius 3 is 2.24 bits per heavy atom. The number of aryl methyl sites for hydroxylation is 1. The van der Waals surface area contributed by atoms with Gasteiger partial charge in [-0.05, 0) is 47.7 Å². The Morgan fingerprint density at radius 2 is 1.59 bits per heavy atom. The molecule has 2 amide bonds. The molecule has 0 aliphatic rings. The summed E-state index contributed by atoms with van der Waals surface area (Å²) < 4.78 is 5.24. The summed E-state index contributed by atoms with van der Waals surface area (Å²) in [6.45, 7) is 5.00. The zero-order valence-corrected chi connectivity index (χ0v) is 20.3. The van der Waals surface area contributed by atoms with Gasteiger partial charge < -0.3 is 15.0 Å². The van der Waals surface area contributed by atoms with Crippen LogP contribution in [0, 0.1) is 6.92 Å². The van der Waals surface area contributed by atoms with Crippen molar-refractivity contribution in [1.29, 1.82) is 0 Å². The van der Waals surface area contributed by atoms with Gasteiger partial charge in [0.2, 0.25) is 11.8 Å². The Hall–Kier alpha value is -3.60. The number of carbonyl (C=O) groups excluding carboxylic acids is 2. The lowest BCUT2D eigenvalue weighted by Gasteiger charge is -2.32. The first-order valence-corrected chi connectivity index (χ1v) is 11.8. The number of benzene rings is 3. The van der Waals surface area contributed by atoms with Gasteiger partial charge in [-0.25, -0.2) is 0 Å². The van der Waals surface area contributed by atoms with Gasteiger partial charge in [-0.15, -0.1) is 0 Å². The highest BCUT2D eigenvalue weighted by Gasteiger charge is 2.30. The molecular formula is C29H34N2O3. The first kappa shape index (κ1) is 25.0. The topological polar surface area (TPSA) is 58.6 Å². The van der Waals surface area contributed by atoms with Gasteiger partial charge >= 0.3 is 0 Å². The van der Waals surface area contributed by atoms with E-state index >= 15 is 0 Å². The molecule has 0 saturated carbocycles. The van der Waals surface area contributed by atoms with Crippen molar-refractivity contribution >= 4 is 11.8 Å². The molecule has 5 nitrogen and oxygen atoms in total. The van der Waals surface area contributed by atoms with Crippen LogP contribution in [0.25, 0.3) is 0 Å². The van der Waals surface area contributed by atoms with Crippen LogP contribution in [-0.4, -0.2) is 36.4 Å². The minimum atomic E-state index is -0.612. The highest BCUT2D eigenvalue weighted by Crippen LogP contribution is 2.19. The maximum absolute atomic E-state index is 13.7. The molecule has 0 bridgehead atoms. The molecule has 0 fully saturated rings. The summed E-state index contributed by atoms with van der Waals surface area (Å²) in [4.78, 5) is 28.8. The van der Waals surface area contributed by atoms with Crippen LogP contribution >= 0.6 is 0 Å². The second kappa shape index (κ2) is 12.6. The van der Waals surface area contributed by atoms with E-state index in [0.717, 1.165) is 34.4 Å². The SMILES string of the molecule is CCCNC(=O)[C@H](Cc1ccccc1)N(Cc1ccccc1C)C(=O)Cc1ccc(OC)cc1. The number of hydrogen-bond donors (Lipinski definition) is 1. The largest absolute Gasteiger partial charge is 0.497 e. The molecule has 3 rings (SSSR count). The number of nitrogens with zero attached hydrogens (tertiary/aromatic N) is 1. The fourth-order valence-corrected chi connectivity index (χ4v) is 3.91. The predicted molar refractivity (Wildman–Crippen MR) is 136 cm³/mol. The van der Waals surface area contributed by atoms with Crippen LogP contribution in [-0.2, 0) is 29.0 Å². The minimum absolute atomic E-state index is 0.0824. The van der Waals surface area contributed by atoms with Gasteiger partial charge in [-0.2, -0.15) is 0 Å². The van der Waals surface area contributed by atoms with E-state index in [2.05, 4.69) is 5.32 Å². The van der Waals surface area contributed by atoms with Gasteiger partial charge in [0.15, 0.2) is 0 Å². The van der Waals surface area contributed by atoms with Gasteiger partial charge in [-0.1, -0.05) is 73.7 Å². The van der Waals surface area contributed by atoms with Crippen molar-refractivity contribution in [3.63, 3.8) is 0 Å². The molecule has 0 aromatic heterocycles. The number of rotatable bonds is 11. The highest BCUT2D eigenvalue weighted by atomic mass is 16.5. The van der Waals surface area contributed by atoms with E-state index in [4.69, 9.17) is 4.74 Å². The van der Waals surface area contributed by atoms with Crippen molar-refractivity contribution in [3.8, 4) is 5.75 Å². The Labute approximate surface area is 202 Å². The Balaban J connectivity index is 1.94. The van der Waals surface area contributed by atoms with Crippen molar-refractivity contribution in [1.82, 2.24) is 10.2 Å². The monoisotopic (exact) mass is 458 g/mol. The summed E-state index contributed by atoms with van der Waals surface area (Å²) >= 11 is 0. The van der Waals surface area contributed by atoms with Gasteiger partial charge in [0, 0.05) is 19.5 Å². The number of nitrogens with one attached hydrogen (secondary N) is 1. The molecule has 34 heavy (non-hydrogen) atoms. The normalized spacial score (nSPS) is 11.5. The molecule has 0 radical (unpaired) electrons. The fraction of sp³-hybridized carbons (Fsp3) is 0.310. The van der Waals surface area contributed by atoms with Crippen LogP contribution in [0.4, 0.5) is 0 Å². The molecule has 1 N–H and O–H groups in total. The van der Waals surface area contributed by atoms with Gasteiger partial charge in [-0.3, -0.25) is 9.59 Å². The molecule has 1 atom stereocenters. The lowest BCUT2D eigenvalue weighted by atomic mass is 10.0. The van der Waals surface area contributed by atoms with E-state index in [1.807, 2.05) is 92.7 Å². The summed E-state index contributed by atoms with van der Waals surface area (Å²) in [6, 6.07) is 24.8. The van der Waals surface area contributed by atoms with Crippen LogP contribution in [0.2, 0.25) is 0 Å². The van der Waals surface area contributed by atoms with Gasteiger partial charge in [0.1, 0.15) is 11.8 Å². The lowest BCUT2D eigenvalue weighted by Crippen LogP contribution is -2.51. The molecule has 178 valence electrons. The van der Waals surface area contributed by atoms with E-state index in [0.29, 0.717) is 19.5 Å². The zero-order valence-electron chi connectivity index (χ0n) is 20.3. The number of methoxy groups -OCH3 is 1. The van der Waals surface area contributed by atoms with E-state index in [9.17, 15) is 9.59 Å². The average Bonchev–Trinajstić information content (AvgIpc) is 2.86. The fourth-order valence-electron chi connectivity index (χ4n) is 3.91. The maximum atomic E-state index is 13.7. The van der Waals surface area contributed by atoms with Crippen molar-refractivity contribution in [3.05, 3.63) is 101 Å². The second-order valence-electron chi connectivity index (χ2n) is 8.47. The Bertz CT molecular complexity index is 1060. The molecule has 0 unspecified atom stereocenters. The van der Waals surface area contributed by atoms with Gasteiger partial charge in [0.05, 0.1) is 13.5 Å². The smallest absolute Gasteiger partial charge is 0.243 e. The van der Waals surface area contributed by atoms with Crippen LogP contribution in [0.5, 0.6) is 5.75 Å². The van der Waals surface area contributed by atoms with E-state index in [1.54, 1.807) is 12.0 Å². The summed E-state index contributed by atoms with van der Waals surface area (Å²) in [6.07, 6.45) is 1.50. The van der Waals surface area contributed by atoms with Crippen LogP contribution < -0.4 is 10.1 Å². The average molecular weight is 459 g/mol. The molecule has 5 heteroatoms. The third-order valence-corrected chi connectivity index (χ3v) is 5.94. The summed E-state index contributed by atoms with van der Waals surface area (Å²) in [5.74, 6) is 0.539. The van der Waals surface area contributed by atoms with E-state index in [-0.39, 0.29) is 18.2 Å². The number of carbonyl (C=O) groups is 2. The quantitative estimate of drug-likeness (QED) is 0.453. The molecule has 3 aromatic carbocycles. The van der Waals surface area contributed by atoms with Crippen LogP contribution in [0.3, 0.4) is 0 Å². The van der Waals surface area contributed by atoms with Crippen molar-refractivity contribution in [2.75, 3.05) is 13.7 Å². The third kappa shape index (κ3) is 6.95. The van der Waals surface area contributed by atoms with Gasteiger partial charge in [0.25, 0.3) is 0 Å². The van der Waals surface area contributed by atoms with Crippen molar-refractivity contribution < 1.29 is 14.3 Å². The Kier molecular flexibility index (Phi) is 9.27. The standard InChI is InChI=1S/C29H34N2O3/c1-4-18-30-29(33)27(19-23-11-6-5-7-12-23)31(21-25-13-9-8-10-22(25)2)28(32)20-24-14-16-26(34-3)17-15-24/h5-17,27H,4,18-21H2,1-3H3,(H,30,33)/t27-/m0/s1. The number of hydrogen-bond acceptors (Lipinski definition) is 3. The van der Waals surface area contributed by atoms with Crippen LogP contribution in [0.1, 0.15) is 35.6 Å². The minimum Gasteiger partial charge on any atom is -0.497 e. The summed E-state index contributed by atoms with van der Waals surface area (Å²) in [7, 11) is 1.62. The first-order valence-electron chi connectivity index (χ1n) is 11.8. The molecule has 0 saturated heterocycles. The van der Waals surface area contributed by atoms with E-state index in [1.165, 1.54) is 0 Å². The second-order valence-corrected chi connectivity index (χ2v) is 8.47. The predicted octanol–water partition coefficient (Wildman–Crippen LogP) is 4.71. The molecule has 0 spiro atoms. The number of amides is 2. The van der Waals surface area contributed by atoms with Crippen molar-refractivity contribution in [2.24, 2.45) is 0 Å². The van der Waals surface area contributed by atoms with E-state index < -0.39 is 6.04 Å². The first-order chi connectivity index (χ1) is 16.5. The molecule has 3 aromatic rings. The van der Waals surface area contributed by atoms with Crippen LogP contribution in [0.15, 0.2) is 78.9 Å². The Morgan fingerprint density at radius 1 is 0.912 bits per heavy atom. The maximum Gasteiger partial charge on any atom is 0.243 e. The molecular weight excluding hydrogens is 424 g/mol. The summed E-state index contributed by atoms with van der Waals surface area (Å²) in [5, 5.41) is 3.02.